The molecule has 0 spiro atoms. The number of ether oxygens (including phenoxy) is 3. The van der Waals surface area contributed by atoms with Gasteiger partial charge in [-0.05, 0) is 36.4 Å². The SMILES string of the molecule is COc1ccc(SC2CC(=O)[C@H](NC(=O)c3ccccc3)O[C@@H]2COC(C)=O)cc1. The van der Waals surface area contributed by atoms with Gasteiger partial charge in [0.2, 0.25) is 0 Å². The van der Waals surface area contributed by atoms with Crippen LogP contribution in [0.2, 0.25) is 0 Å². The van der Waals surface area contributed by atoms with Crippen molar-refractivity contribution in [3.63, 3.8) is 0 Å². The third-order valence-electron chi connectivity index (χ3n) is 4.52. The Hall–Kier alpha value is -2.84. The fraction of sp³-hybridized carbons (Fsp3) is 0.318. The van der Waals surface area contributed by atoms with Crippen LogP contribution >= 0.6 is 11.8 Å². The van der Waals surface area contributed by atoms with Crippen molar-refractivity contribution in [3.05, 3.63) is 60.2 Å². The second kappa shape index (κ2) is 10.3. The Morgan fingerprint density at radius 3 is 2.47 bits per heavy atom. The number of thioether (sulfide) groups is 1. The van der Waals surface area contributed by atoms with Crippen molar-refractivity contribution in [3.8, 4) is 5.75 Å². The number of amides is 1. The van der Waals surface area contributed by atoms with Gasteiger partial charge >= 0.3 is 5.97 Å². The molecule has 3 atom stereocenters. The first-order valence-electron chi connectivity index (χ1n) is 9.44. The first-order valence-corrected chi connectivity index (χ1v) is 10.3. The van der Waals surface area contributed by atoms with Crippen molar-refractivity contribution in [2.75, 3.05) is 13.7 Å². The maximum atomic E-state index is 12.7. The monoisotopic (exact) mass is 429 g/mol. The van der Waals surface area contributed by atoms with Crippen LogP contribution in [0.15, 0.2) is 59.5 Å². The molecule has 7 nitrogen and oxygen atoms in total. The molecule has 1 aliphatic heterocycles. The number of hydrogen-bond acceptors (Lipinski definition) is 7. The molecule has 0 aromatic heterocycles. The van der Waals surface area contributed by atoms with Gasteiger partial charge in [0.1, 0.15) is 18.5 Å². The Bertz CT molecular complexity index is 886. The molecule has 0 saturated carbocycles. The van der Waals surface area contributed by atoms with Gasteiger partial charge in [-0.15, -0.1) is 11.8 Å². The predicted octanol–water partition coefficient (Wildman–Crippen LogP) is 2.83. The maximum Gasteiger partial charge on any atom is 0.302 e. The maximum absolute atomic E-state index is 12.7. The van der Waals surface area contributed by atoms with Gasteiger partial charge < -0.3 is 19.5 Å². The average molecular weight is 429 g/mol. The molecule has 2 aromatic carbocycles. The summed E-state index contributed by atoms with van der Waals surface area (Å²) in [5, 5.41) is 2.36. The fourth-order valence-electron chi connectivity index (χ4n) is 2.97. The zero-order chi connectivity index (χ0) is 21.5. The van der Waals surface area contributed by atoms with Crippen LogP contribution in [0.1, 0.15) is 23.7 Å². The summed E-state index contributed by atoms with van der Waals surface area (Å²) >= 11 is 1.46. The number of carbonyl (C=O) groups excluding carboxylic acids is 3. The first kappa shape index (κ1) is 21.9. The van der Waals surface area contributed by atoms with E-state index in [0.29, 0.717) is 5.56 Å². The van der Waals surface area contributed by atoms with Gasteiger partial charge in [-0.3, -0.25) is 14.4 Å². The van der Waals surface area contributed by atoms with E-state index in [2.05, 4.69) is 5.32 Å². The Kier molecular flexibility index (Phi) is 7.48. The summed E-state index contributed by atoms with van der Waals surface area (Å²) < 4.78 is 16.2. The number of carbonyl (C=O) groups is 3. The van der Waals surface area contributed by atoms with E-state index >= 15 is 0 Å². The molecule has 1 heterocycles. The molecule has 158 valence electrons. The van der Waals surface area contributed by atoms with Crippen LogP contribution in [0.25, 0.3) is 0 Å². The van der Waals surface area contributed by atoms with Crippen molar-refractivity contribution in [2.45, 2.75) is 35.8 Å². The predicted molar refractivity (Wildman–Crippen MR) is 111 cm³/mol. The first-order chi connectivity index (χ1) is 14.5. The Labute approximate surface area is 179 Å². The molecule has 2 aromatic rings. The molecule has 3 rings (SSSR count). The lowest BCUT2D eigenvalue weighted by Gasteiger charge is -2.35. The molecular weight excluding hydrogens is 406 g/mol. The summed E-state index contributed by atoms with van der Waals surface area (Å²) in [4.78, 5) is 37.3. The van der Waals surface area contributed by atoms with Gasteiger partial charge in [-0.2, -0.15) is 0 Å². The highest BCUT2D eigenvalue weighted by Crippen LogP contribution is 2.33. The number of Topliss-reactive ketones (excluding diaryl/α,β-unsaturated/α-hetero) is 1. The van der Waals surface area contributed by atoms with Crippen molar-refractivity contribution >= 4 is 29.4 Å². The van der Waals surface area contributed by atoms with Gasteiger partial charge in [-0.25, -0.2) is 0 Å². The zero-order valence-electron chi connectivity index (χ0n) is 16.7. The zero-order valence-corrected chi connectivity index (χ0v) is 17.5. The average Bonchev–Trinajstić information content (AvgIpc) is 2.75. The van der Waals surface area contributed by atoms with Gasteiger partial charge in [-0.1, -0.05) is 18.2 Å². The number of methoxy groups -OCH3 is 1. The molecule has 0 aliphatic carbocycles. The van der Waals surface area contributed by atoms with E-state index in [1.54, 1.807) is 37.4 Å². The van der Waals surface area contributed by atoms with Gasteiger partial charge in [0, 0.05) is 29.1 Å². The number of benzene rings is 2. The van der Waals surface area contributed by atoms with E-state index in [-0.39, 0.29) is 24.1 Å². The lowest BCUT2D eigenvalue weighted by Crippen LogP contribution is -2.53. The summed E-state index contributed by atoms with van der Waals surface area (Å²) in [7, 11) is 1.59. The van der Waals surface area contributed by atoms with Crippen molar-refractivity contribution in [2.24, 2.45) is 0 Å². The topological polar surface area (TPSA) is 90.9 Å². The van der Waals surface area contributed by atoms with Crippen molar-refractivity contribution in [1.29, 1.82) is 0 Å². The van der Waals surface area contributed by atoms with Gasteiger partial charge in [0.25, 0.3) is 5.91 Å². The summed E-state index contributed by atoms with van der Waals surface area (Å²) in [6, 6.07) is 16.0. The Morgan fingerprint density at radius 2 is 1.83 bits per heavy atom. The Morgan fingerprint density at radius 1 is 1.13 bits per heavy atom. The molecular formula is C22H23NO6S. The second-order valence-electron chi connectivity index (χ2n) is 6.70. The van der Waals surface area contributed by atoms with Crippen molar-refractivity contribution < 1.29 is 28.6 Å². The van der Waals surface area contributed by atoms with Crippen LogP contribution in [0.3, 0.4) is 0 Å². The van der Waals surface area contributed by atoms with Gasteiger partial charge in [0.05, 0.1) is 7.11 Å². The van der Waals surface area contributed by atoms with Crippen LogP contribution in [0.5, 0.6) is 5.75 Å². The van der Waals surface area contributed by atoms with E-state index in [1.807, 2.05) is 24.3 Å². The lowest BCUT2D eigenvalue weighted by molar-refractivity contribution is -0.156. The molecule has 1 unspecified atom stereocenters. The fourth-order valence-corrected chi connectivity index (χ4v) is 4.16. The standard InChI is InChI=1S/C22H23NO6S/c1-14(24)28-13-19-20(30-17-10-8-16(27-2)9-11-17)12-18(25)22(29-19)23-21(26)15-6-4-3-5-7-15/h3-11,19-20,22H,12-13H2,1-2H3,(H,23,26)/t19-,20?,22-/m1/s1. The highest BCUT2D eigenvalue weighted by atomic mass is 32.2. The minimum atomic E-state index is -1.09. The minimum absolute atomic E-state index is 0.00581. The number of hydrogen-bond donors (Lipinski definition) is 1. The summed E-state index contributed by atoms with van der Waals surface area (Å²) in [5.74, 6) is -0.338. The van der Waals surface area contributed by atoms with Gasteiger partial charge in [0.15, 0.2) is 12.0 Å². The highest BCUT2D eigenvalue weighted by Gasteiger charge is 2.39. The van der Waals surface area contributed by atoms with Crippen LogP contribution in [-0.4, -0.2) is 49.0 Å². The molecule has 1 amide bonds. The van der Waals surface area contributed by atoms with Crippen LogP contribution in [0, 0.1) is 0 Å². The van der Waals surface area contributed by atoms with E-state index in [9.17, 15) is 14.4 Å². The summed E-state index contributed by atoms with van der Waals surface area (Å²) in [6.45, 7) is 1.31. The van der Waals surface area contributed by atoms with Crippen molar-refractivity contribution in [1.82, 2.24) is 5.32 Å². The third-order valence-corrected chi connectivity index (χ3v) is 5.83. The van der Waals surface area contributed by atoms with E-state index in [1.165, 1.54) is 18.7 Å². The van der Waals surface area contributed by atoms with E-state index in [4.69, 9.17) is 14.2 Å². The number of ketones is 1. The number of esters is 1. The smallest absolute Gasteiger partial charge is 0.302 e. The normalized spacial score (nSPS) is 21.0. The van der Waals surface area contributed by atoms with E-state index in [0.717, 1.165) is 10.6 Å². The molecule has 8 heteroatoms. The molecule has 1 aliphatic rings. The van der Waals surface area contributed by atoms with E-state index < -0.39 is 24.2 Å². The highest BCUT2D eigenvalue weighted by molar-refractivity contribution is 8.00. The molecule has 1 N–H and O–H groups in total. The minimum Gasteiger partial charge on any atom is -0.497 e. The summed E-state index contributed by atoms with van der Waals surface area (Å²) in [6.07, 6.45) is -1.48. The lowest BCUT2D eigenvalue weighted by atomic mass is 10.1. The van der Waals surface area contributed by atoms with Crippen LogP contribution < -0.4 is 10.1 Å². The molecule has 30 heavy (non-hydrogen) atoms. The largest absolute Gasteiger partial charge is 0.497 e. The van der Waals surface area contributed by atoms with Crippen LogP contribution in [0.4, 0.5) is 0 Å². The second-order valence-corrected chi connectivity index (χ2v) is 8.01. The number of nitrogens with one attached hydrogen (secondary N) is 1. The molecule has 0 radical (unpaired) electrons. The Balaban J connectivity index is 1.70. The molecule has 1 fully saturated rings. The quantitative estimate of drug-likeness (QED) is 0.677. The molecule has 1 saturated heterocycles. The third kappa shape index (κ3) is 5.84. The van der Waals surface area contributed by atoms with Crippen LogP contribution in [-0.2, 0) is 19.1 Å². The summed E-state index contributed by atoms with van der Waals surface area (Å²) in [5.41, 5.74) is 0.431. The molecule has 0 bridgehead atoms. The number of rotatable bonds is 7.